The average molecular weight is 417 g/mol. The Morgan fingerprint density at radius 3 is 2.63 bits per heavy atom. The van der Waals surface area contributed by atoms with Gasteiger partial charge in [0.05, 0.1) is 6.61 Å². The summed E-state index contributed by atoms with van der Waals surface area (Å²) in [4.78, 5) is 12.5. The minimum Gasteiger partial charge on any atom is -0.394 e. The number of hydrogen-bond donors (Lipinski definition) is 4. The molecule has 1 heterocycles. The Morgan fingerprint density at radius 1 is 1.07 bits per heavy atom. The summed E-state index contributed by atoms with van der Waals surface area (Å²) in [5.74, 6) is 1.97. The predicted molar refractivity (Wildman–Crippen MR) is 109 cm³/mol. The third-order valence-corrected chi connectivity index (χ3v) is 8.68. The Bertz CT molecular complexity index is 837. The van der Waals surface area contributed by atoms with E-state index in [9.17, 15) is 25.2 Å². The molecule has 1 aliphatic heterocycles. The van der Waals surface area contributed by atoms with Gasteiger partial charge < -0.3 is 25.2 Å². The van der Waals surface area contributed by atoms with Gasteiger partial charge in [0.1, 0.15) is 36.3 Å². The first-order valence-electron chi connectivity index (χ1n) is 11.3. The van der Waals surface area contributed by atoms with Crippen LogP contribution < -0.4 is 0 Å². The molecule has 0 unspecified atom stereocenters. The normalized spacial score (nSPS) is 45.6. The van der Waals surface area contributed by atoms with E-state index in [2.05, 4.69) is 19.1 Å². The van der Waals surface area contributed by atoms with Crippen LogP contribution in [0.4, 0.5) is 0 Å². The number of carbonyl (C=O) groups excluding carboxylic acids is 1. The van der Waals surface area contributed by atoms with Crippen molar-refractivity contribution in [3.63, 3.8) is 0 Å². The molecule has 9 atom stereocenters. The molecule has 3 aliphatic carbocycles. The minimum absolute atomic E-state index is 0.130. The third kappa shape index (κ3) is 2.92. The highest BCUT2D eigenvalue weighted by atomic mass is 16.5. The molecule has 1 saturated heterocycles. The first-order valence-corrected chi connectivity index (χ1v) is 11.3. The molecule has 1 aromatic carbocycles. The molecule has 2 saturated carbocycles. The molecule has 0 spiro atoms. The predicted octanol–water partition coefficient (Wildman–Crippen LogP) is 1.63. The number of rotatable bonds is 2. The maximum atomic E-state index is 12.5. The molecule has 6 heteroatoms. The summed E-state index contributed by atoms with van der Waals surface area (Å²) in [6.45, 7) is 1.76. The van der Waals surface area contributed by atoms with Crippen LogP contribution in [0.15, 0.2) is 18.2 Å². The number of ether oxygens (including phenoxy) is 1. The van der Waals surface area contributed by atoms with Gasteiger partial charge in [-0.15, -0.1) is 0 Å². The van der Waals surface area contributed by atoms with E-state index in [1.807, 2.05) is 6.07 Å². The average Bonchev–Trinajstić information content (AvgIpc) is 3.06. The lowest BCUT2D eigenvalue weighted by Gasteiger charge is -2.48. The van der Waals surface area contributed by atoms with E-state index in [1.165, 1.54) is 11.1 Å². The number of benzene rings is 1. The second-order valence-electron chi connectivity index (χ2n) is 10.0. The van der Waals surface area contributed by atoms with Crippen molar-refractivity contribution in [3.05, 3.63) is 34.9 Å². The number of fused-ring (bicyclic) bond motifs is 5. The highest BCUT2D eigenvalue weighted by Crippen LogP contribution is 2.59. The number of aliphatic hydroxyl groups is 4. The van der Waals surface area contributed by atoms with E-state index in [-0.39, 0.29) is 5.41 Å². The van der Waals surface area contributed by atoms with Crippen LogP contribution in [-0.2, 0) is 16.0 Å². The Labute approximate surface area is 176 Å². The van der Waals surface area contributed by atoms with E-state index < -0.39 is 37.1 Å². The molecule has 0 amide bonds. The maximum absolute atomic E-state index is 12.5. The lowest BCUT2D eigenvalue weighted by molar-refractivity contribution is -0.231. The van der Waals surface area contributed by atoms with Crippen LogP contribution in [0.5, 0.6) is 0 Å². The highest BCUT2D eigenvalue weighted by Gasteiger charge is 2.54. The Kier molecular flexibility index (Phi) is 5.07. The van der Waals surface area contributed by atoms with Gasteiger partial charge in [0.25, 0.3) is 0 Å². The molecule has 3 fully saturated rings. The minimum atomic E-state index is -1.36. The quantitative estimate of drug-likeness (QED) is 0.584. The second-order valence-corrected chi connectivity index (χ2v) is 10.0. The number of aliphatic hydroxyl groups excluding tert-OH is 4. The van der Waals surface area contributed by atoms with Crippen LogP contribution in [-0.4, -0.2) is 57.2 Å². The fourth-order valence-corrected chi connectivity index (χ4v) is 6.93. The van der Waals surface area contributed by atoms with Crippen LogP contribution >= 0.6 is 0 Å². The van der Waals surface area contributed by atoms with Crippen LogP contribution in [0.3, 0.4) is 0 Å². The van der Waals surface area contributed by atoms with Gasteiger partial charge in [-0.1, -0.05) is 25.1 Å². The second kappa shape index (κ2) is 7.38. The zero-order chi connectivity index (χ0) is 21.2. The Morgan fingerprint density at radius 2 is 1.87 bits per heavy atom. The highest BCUT2D eigenvalue weighted by molar-refractivity contribution is 5.87. The molecular weight excluding hydrogens is 384 g/mol. The SMILES string of the molecule is C[C@]12CC[C@@H]3c4ccc([C@@H]5O[C@H](CO)[C@@H](O)[C@H](O)[C@H]5O)cc4CC[C@H]3[C@@H]1CCC2=O. The van der Waals surface area contributed by atoms with Gasteiger partial charge in [-0.2, -0.15) is 0 Å². The molecule has 6 nitrogen and oxygen atoms in total. The number of ketones is 1. The van der Waals surface area contributed by atoms with Crippen LogP contribution in [0.25, 0.3) is 0 Å². The van der Waals surface area contributed by atoms with Crippen molar-refractivity contribution in [3.8, 4) is 0 Å². The monoisotopic (exact) mass is 416 g/mol. The summed E-state index contributed by atoms with van der Waals surface area (Å²) in [6.07, 6.45) is 0.116. The molecule has 1 aromatic rings. The van der Waals surface area contributed by atoms with Crippen molar-refractivity contribution in [1.82, 2.24) is 0 Å². The van der Waals surface area contributed by atoms with Gasteiger partial charge in [0.2, 0.25) is 0 Å². The van der Waals surface area contributed by atoms with Gasteiger partial charge in [-0.25, -0.2) is 0 Å². The fraction of sp³-hybridized carbons (Fsp3) is 0.708. The molecule has 4 aliphatic rings. The standard InChI is InChI=1S/C24H32O6/c1-24-9-8-15-14-4-3-13(23-22(29)21(28)20(27)18(11-25)30-23)10-12(14)2-5-16(15)17(24)6-7-19(24)26/h3-4,10,15-18,20-23,25,27-29H,2,5-9,11H2,1H3/t15-,16-,17+,18-,20-,21+,22-,23+,24+/m1/s1. The van der Waals surface area contributed by atoms with Crippen molar-refractivity contribution in [2.75, 3.05) is 6.61 Å². The summed E-state index contributed by atoms with van der Waals surface area (Å²) in [6, 6.07) is 6.13. The molecule has 5 rings (SSSR count). The van der Waals surface area contributed by atoms with Crippen molar-refractivity contribution in [2.45, 2.75) is 81.9 Å². The Hall–Kier alpha value is -1.31. The summed E-state index contributed by atoms with van der Waals surface area (Å²) in [5.41, 5.74) is 3.23. The van der Waals surface area contributed by atoms with E-state index in [1.54, 1.807) is 0 Å². The van der Waals surface area contributed by atoms with Crippen molar-refractivity contribution < 1.29 is 30.0 Å². The van der Waals surface area contributed by atoms with Gasteiger partial charge in [-0.05, 0) is 66.5 Å². The zero-order valence-corrected chi connectivity index (χ0v) is 17.4. The van der Waals surface area contributed by atoms with Gasteiger partial charge in [0, 0.05) is 11.8 Å². The van der Waals surface area contributed by atoms with Crippen molar-refractivity contribution >= 4 is 5.78 Å². The fourth-order valence-electron chi connectivity index (χ4n) is 6.93. The molecule has 0 bridgehead atoms. The van der Waals surface area contributed by atoms with Gasteiger partial charge in [-0.3, -0.25) is 4.79 Å². The molecule has 0 aromatic heterocycles. The Balaban J connectivity index is 1.42. The first kappa shape index (κ1) is 20.6. The van der Waals surface area contributed by atoms with E-state index in [0.29, 0.717) is 23.5 Å². The number of Topliss-reactive ketones (excluding diaryl/α,β-unsaturated/α-hetero) is 1. The lowest BCUT2D eigenvalue weighted by Crippen LogP contribution is -2.55. The molecular formula is C24H32O6. The third-order valence-electron chi connectivity index (χ3n) is 8.68. The molecule has 0 radical (unpaired) electrons. The molecule has 30 heavy (non-hydrogen) atoms. The van der Waals surface area contributed by atoms with E-state index in [4.69, 9.17) is 4.74 Å². The van der Waals surface area contributed by atoms with Gasteiger partial charge >= 0.3 is 0 Å². The van der Waals surface area contributed by atoms with Crippen molar-refractivity contribution in [1.29, 1.82) is 0 Å². The van der Waals surface area contributed by atoms with Gasteiger partial charge in [0.15, 0.2) is 0 Å². The number of carbonyl (C=O) groups is 1. The first-order chi connectivity index (χ1) is 14.3. The summed E-state index contributed by atoms with van der Waals surface area (Å²) < 4.78 is 5.75. The van der Waals surface area contributed by atoms with E-state index in [0.717, 1.165) is 44.1 Å². The zero-order valence-electron chi connectivity index (χ0n) is 17.4. The van der Waals surface area contributed by atoms with Crippen LogP contribution in [0.2, 0.25) is 0 Å². The molecule has 164 valence electrons. The number of hydrogen-bond acceptors (Lipinski definition) is 6. The van der Waals surface area contributed by atoms with Crippen molar-refractivity contribution in [2.24, 2.45) is 17.3 Å². The summed E-state index contributed by atoms with van der Waals surface area (Å²) >= 11 is 0. The summed E-state index contributed by atoms with van der Waals surface area (Å²) in [7, 11) is 0. The smallest absolute Gasteiger partial charge is 0.139 e. The largest absolute Gasteiger partial charge is 0.394 e. The van der Waals surface area contributed by atoms with Crippen LogP contribution in [0, 0.1) is 17.3 Å². The topological polar surface area (TPSA) is 107 Å². The summed E-state index contributed by atoms with van der Waals surface area (Å²) in [5, 5.41) is 40.1. The maximum Gasteiger partial charge on any atom is 0.139 e. The number of aryl methyl sites for hydroxylation is 1. The van der Waals surface area contributed by atoms with E-state index >= 15 is 0 Å². The molecule has 4 N–H and O–H groups in total. The lowest BCUT2D eigenvalue weighted by atomic mass is 9.55. The van der Waals surface area contributed by atoms with Crippen LogP contribution in [0.1, 0.15) is 67.7 Å².